The highest BCUT2D eigenvalue weighted by Gasteiger charge is 2.49. The van der Waals surface area contributed by atoms with Gasteiger partial charge in [0.15, 0.2) is 0 Å². The van der Waals surface area contributed by atoms with Crippen LogP contribution in [-0.4, -0.2) is 57.7 Å². The molecule has 0 bridgehead atoms. The van der Waals surface area contributed by atoms with Crippen molar-refractivity contribution in [2.24, 2.45) is 11.1 Å². The van der Waals surface area contributed by atoms with Crippen LogP contribution in [0.15, 0.2) is 54.6 Å². The average Bonchev–Trinajstić information content (AvgIpc) is 2.80. The maximum absolute atomic E-state index is 13.1. The lowest BCUT2D eigenvalue weighted by Gasteiger charge is -2.51. The van der Waals surface area contributed by atoms with Crippen LogP contribution >= 0.6 is 11.6 Å². The molecule has 34 heavy (non-hydrogen) atoms. The zero-order valence-corrected chi connectivity index (χ0v) is 20.5. The van der Waals surface area contributed by atoms with Crippen LogP contribution in [0.2, 0.25) is 5.02 Å². The number of carbonyl (C=O) groups excluding carboxylic acids is 1. The van der Waals surface area contributed by atoms with Crippen molar-refractivity contribution in [2.75, 3.05) is 19.6 Å². The van der Waals surface area contributed by atoms with Crippen molar-refractivity contribution in [1.82, 2.24) is 9.80 Å². The van der Waals surface area contributed by atoms with Crippen LogP contribution in [0.5, 0.6) is 0 Å². The number of halogens is 1. The van der Waals surface area contributed by atoms with Crippen LogP contribution in [0, 0.1) is 5.41 Å². The first-order chi connectivity index (χ1) is 16.0. The van der Waals surface area contributed by atoms with E-state index >= 15 is 0 Å². The molecule has 1 aliphatic heterocycles. The fraction of sp³-hybridized carbons (Fsp3) is 0.462. The minimum atomic E-state index is -1.09. The summed E-state index contributed by atoms with van der Waals surface area (Å²) in [6, 6.07) is 15.9. The van der Waals surface area contributed by atoms with Crippen molar-refractivity contribution in [3.63, 3.8) is 0 Å². The van der Waals surface area contributed by atoms with Crippen LogP contribution < -0.4 is 5.73 Å². The molecule has 0 saturated carbocycles. The van der Waals surface area contributed by atoms with Gasteiger partial charge >= 0.3 is 6.09 Å². The molecule has 2 aromatic rings. The third-order valence-corrected chi connectivity index (χ3v) is 7.08. The first-order valence-corrected chi connectivity index (χ1v) is 12.0. The third kappa shape index (κ3) is 5.90. The lowest BCUT2D eigenvalue weighted by molar-refractivity contribution is -0.154. The summed E-state index contributed by atoms with van der Waals surface area (Å²) in [5.41, 5.74) is 6.23. The lowest BCUT2D eigenvalue weighted by Crippen LogP contribution is -2.59. The topological polar surface area (TPSA) is 107 Å². The van der Waals surface area contributed by atoms with Gasteiger partial charge in [-0.1, -0.05) is 67.9 Å². The van der Waals surface area contributed by atoms with E-state index in [9.17, 15) is 19.8 Å². The van der Waals surface area contributed by atoms with Crippen molar-refractivity contribution >= 4 is 23.6 Å². The van der Waals surface area contributed by atoms with Crippen LogP contribution in [0.25, 0.3) is 0 Å². The summed E-state index contributed by atoms with van der Waals surface area (Å²) in [6.45, 7) is 5.25. The molecule has 0 radical (unpaired) electrons. The summed E-state index contributed by atoms with van der Waals surface area (Å²) in [4.78, 5) is 27.7. The predicted octanol–water partition coefficient (Wildman–Crippen LogP) is 4.07. The Morgan fingerprint density at radius 3 is 2.38 bits per heavy atom. The van der Waals surface area contributed by atoms with Gasteiger partial charge in [-0.15, -0.1) is 0 Å². The number of benzene rings is 2. The summed E-state index contributed by atoms with van der Waals surface area (Å²) in [5, 5.41) is 21.6. The first kappa shape index (κ1) is 26.0. The highest BCUT2D eigenvalue weighted by molar-refractivity contribution is 6.30. The summed E-state index contributed by atoms with van der Waals surface area (Å²) < 4.78 is 0. The fourth-order valence-corrected chi connectivity index (χ4v) is 4.80. The summed E-state index contributed by atoms with van der Waals surface area (Å²) >= 11 is 6.00. The number of nitrogens with zero attached hydrogens (tertiary/aromatic N) is 2. The molecule has 2 amide bonds. The smallest absolute Gasteiger partial charge is 0.407 e. The molecule has 7 nitrogen and oxygen atoms in total. The number of carbonyl (C=O) groups is 2. The molecular weight excluding hydrogens is 454 g/mol. The van der Waals surface area contributed by atoms with Crippen LogP contribution in [0.1, 0.15) is 44.2 Å². The standard InChI is InChI=1S/C26H34ClN3O4/c1-25(2)18-30(16-14-26(25,34)20-10-12-21(27)13-11-20)23(31)22(28)9-6-15-29(24(32)33)17-19-7-4-3-5-8-19/h3-5,7-8,10-13,22,34H,6,9,14-18,28H2,1-2H3,(H,32,33)/t22-,26+/m1/s1. The molecule has 2 atom stereocenters. The van der Waals surface area contributed by atoms with E-state index in [4.69, 9.17) is 17.3 Å². The largest absolute Gasteiger partial charge is 0.465 e. The molecule has 3 rings (SSSR count). The maximum atomic E-state index is 13.1. The zero-order valence-electron chi connectivity index (χ0n) is 19.8. The minimum Gasteiger partial charge on any atom is -0.465 e. The van der Waals surface area contributed by atoms with E-state index in [0.29, 0.717) is 50.5 Å². The fourth-order valence-electron chi connectivity index (χ4n) is 4.68. The van der Waals surface area contributed by atoms with E-state index in [1.54, 1.807) is 17.0 Å². The molecule has 0 aromatic heterocycles. The Morgan fingerprint density at radius 2 is 1.79 bits per heavy atom. The van der Waals surface area contributed by atoms with E-state index in [2.05, 4.69) is 0 Å². The molecule has 1 saturated heterocycles. The minimum absolute atomic E-state index is 0.170. The van der Waals surface area contributed by atoms with E-state index in [0.717, 1.165) is 11.1 Å². The summed E-state index contributed by atoms with van der Waals surface area (Å²) in [5.74, 6) is -0.170. The van der Waals surface area contributed by atoms with Gasteiger partial charge in [-0.2, -0.15) is 0 Å². The Bertz CT molecular complexity index is 983. The molecule has 1 fully saturated rings. The van der Waals surface area contributed by atoms with Gasteiger partial charge in [-0.25, -0.2) is 4.79 Å². The summed E-state index contributed by atoms with van der Waals surface area (Å²) in [6.07, 6.45) is 0.264. The van der Waals surface area contributed by atoms with Crippen LogP contribution in [-0.2, 0) is 16.9 Å². The molecule has 2 aromatic carbocycles. The maximum Gasteiger partial charge on any atom is 0.407 e. The van der Waals surface area contributed by atoms with Gasteiger partial charge in [0.25, 0.3) is 0 Å². The van der Waals surface area contributed by atoms with Crippen molar-refractivity contribution in [3.05, 3.63) is 70.7 Å². The predicted molar refractivity (Wildman–Crippen MR) is 132 cm³/mol. The highest BCUT2D eigenvalue weighted by Crippen LogP contribution is 2.46. The Kier molecular flexibility index (Phi) is 8.23. The van der Waals surface area contributed by atoms with Gasteiger partial charge in [0.2, 0.25) is 5.91 Å². The molecule has 184 valence electrons. The van der Waals surface area contributed by atoms with E-state index < -0.39 is 23.2 Å². The number of hydrogen-bond acceptors (Lipinski definition) is 4. The second-order valence-electron chi connectivity index (χ2n) is 9.70. The molecule has 4 N–H and O–H groups in total. The van der Waals surface area contributed by atoms with Crippen LogP contribution in [0.4, 0.5) is 4.79 Å². The van der Waals surface area contributed by atoms with E-state index in [1.165, 1.54) is 4.90 Å². The number of piperidine rings is 1. The number of aliphatic hydroxyl groups is 1. The van der Waals surface area contributed by atoms with Crippen molar-refractivity contribution in [3.8, 4) is 0 Å². The summed E-state index contributed by atoms with van der Waals surface area (Å²) in [7, 11) is 0. The third-order valence-electron chi connectivity index (χ3n) is 6.83. The quantitative estimate of drug-likeness (QED) is 0.520. The Balaban J connectivity index is 1.55. The van der Waals surface area contributed by atoms with Crippen molar-refractivity contribution < 1.29 is 19.8 Å². The molecule has 0 spiro atoms. The molecular formula is C26H34ClN3O4. The van der Waals surface area contributed by atoms with Gasteiger partial charge in [-0.05, 0) is 42.5 Å². The zero-order chi connectivity index (χ0) is 24.9. The van der Waals surface area contributed by atoms with Gasteiger partial charge < -0.3 is 25.7 Å². The Morgan fingerprint density at radius 1 is 1.15 bits per heavy atom. The number of rotatable bonds is 8. The van der Waals surface area contributed by atoms with Crippen molar-refractivity contribution in [2.45, 2.75) is 51.3 Å². The number of amides is 2. The van der Waals surface area contributed by atoms with E-state index in [1.807, 2.05) is 56.3 Å². The normalized spacial score (nSPS) is 20.6. The number of likely N-dealkylation sites (tertiary alicyclic amines) is 1. The van der Waals surface area contributed by atoms with Gasteiger partial charge in [0, 0.05) is 36.6 Å². The van der Waals surface area contributed by atoms with Gasteiger partial charge in [0.05, 0.1) is 11.6 Å². The highest BCUT2D eigenvalue weighted by atomic mass is 35.5. The Labute approximate surface area is 206 Å². The number of nitrogens with two attached hydrogens (primary N) is 1. The molecule has 8 heteroatoms. The lowest BCUT2D eigenvalue weighted by atomic mass is 9.66. The van der Waals surface area contributed by atoms with Gasteiger partial charge in [0.1, 0.15) is 0 Å². The SMILES string of the molecule is CC1(C)CN(C(=O)[C@H](N)CCCN(Cc2ccccc2)C(=O)O)CC[C@]1(O)c1ccc(Cl)cc1. The van der Waals surface area contributed by atoms with Crippen molar-refractivity contribution in [1.29, 1.82) is 0 Å². The molecule has 1 aliphatic rings. The van der Waals surface area contributed by atoms with E-state index in [-0.39, 0.29) is 5.91 Å². The number of carboxylic acid groups (broad SMARTS) is 1. The second kappa shape index (κ2) is 10.8. The van der Waals surface area contributed by atoms with Crippen LogP contribution in [0.3, 0.4) is 0 Å². The number of hydrogen-bond donors (Lipinski definition) is 3. The van der Waals surface area contributed by atoms with Gasteiger partial charge in [-0.3, -0.25) is 4.79 Å². The molecule has 1 heterocycles. The average molecular weight is 488 g/mol. The molecule has 0 aliphatic carbocycles. The monoisotopic (exact) mass is 487 g/mol. The second-order valence-corrected chi connectivity index (χ2v) is 10.1. The first-order valence-electron chi connectivity index (χ1n) is 11.6. The Hall–Kier alpha value is -2.61. The molecule has 0 unspecified atom stereocenters.